The standard InChI is InChI=1S/C17H35N5OS/c18-8-4-2-1-3-5-9-20-17-22-15-11-10-12(19)16(23)21-13(11)6-7-14(15)24-17/h11-17,20-23H,1-10,18-19H2. The lowest BCUT2D eigenvalue weighted by Crippen LogP contribution is -2.64. The van der Waals surface area contributed by atoms with Gasteiger partial charge in [0.05, 0.1) is 0 Å². The highest BCUT2D eigenvalue weighted by Crippen LogP contribution is 2.42. The quantitative estimate of drug-likeness (QED) is 0.346. The summed E-state index contributed by atoms with van der Waals surface area (Å²) in [4.78, 5) is 0. The van der Waals surface area contributed by atoms with Crippen LogP contribution in [0.25, 0.3) is 0 Å². The Bertz CT molecular complexity index is 388. The lowest BCUT2D eigenvalue weighted by Gasteiger charge is -2.46. The van der Waals surface area contributed by atoms with E-state index in [-0.39, 0.29) is 6.04 Å². The fourth-order valence-electron chi connectivity index (χ4n) is 4.48. The molecule has 7 heteroatoms. The molecule has 3 rings (SSSR count). The van der Waals surface area contributed by atoms with E-state index in [1.54, 1.807) is 0 Å². The topological polar surface area (TPSA) is 108 Å². The summed E-state index contributed by atoms with van der Waals surface area (Å²) in [5.74, 6) is 0.540. The van der Waals surface area contributed by atoms with E-state index in [0.717, 1.165) is 32.4 Å². The average Bonchev–Trinajstić information content (AvgIpc) is 2.99. The summed E-state index contributed by atoms with van der Waals surface area (Å²) in [6.45, 7) is 1.90. The number of fused-ring (bicyclic) bond motifs is 3. The Balaban J connectivity index is 1.38. The van der Waals surface area contributed by atoms with Crippen molar-refractivity contribution in [2.45, 2.75) is 86.5 Å². The maximum atomic E-state index is 9.95. The number of aliphatic hydroxyl groups is 1. The number of thioether (sulfide) groups is 1. The molecule has 7 atom stereocenters. The van der Waals surface area contributed by atoms with Crippen molar-refractivity contribution in [3.63, 3.8) is 0 Å². The van der Waals surface area contributed by atoms with Gasteiger partial charge in [-0.2, -0.15) is 0 Å². The normalized spacial score (nSPS) is 41.9. The van der Waals surface area contributed by atoms with Crippen molar-refractivity contribution in [2.24, 2.45) is 17.4 Å². The fourth-order valence-corrected chi connectivity index (χ4v) is 6.00. The molecular formula is C17H35N5OS. The Labute approximate surface area is 150 Å². The van der Waals surface area contributed by atoms with Crippen molar-refractivity contribution in [3.8, 4) is 0 Å². The number of piperidine rings is 1. The smallest absolute Gasteiger partial charge is 0.120 e. The zero-order valence-electron chi connectivity index (χ0n) is 14.6. The van der Waals surface area contributed by atoms with Gasteiger partial charge in [-0.15, -0.1) is 11.8 Å². The second kappa shape index (κ2) is 9.16. The number of hydrogen-bond acceptors (Lipinski definition) is 7. The summed E-state index contributed by atoms with van der Waals surface area (Å²) in [6.07, 6.45) is 9.00. The van der Waals surface area contributed by atoms with Crippen LogP contribution in [-0.4, -0.2) is 53.3 Å². The van der Waals surface area contributed by atoms with Crippen molar-refractivity contribution >= 4 is 11.8 Å². The van der Waals surface area contributed by atoms with Gasteiger partial charge in [-0.25, -0.2) is 0 Å². The summed E-state index contributed by atoms with van der Waals surface area (Å²) in [5, 5.41) is 21.4. The maximum Gasteiger partial charge on any atom is 0.120 e. The van der Waals surface area contributed by atoms with E-state index in [1.807, 2.05) is 0 Å². The summed E-state index contributed by atoms with van der Waals surface area (Å²) in [7, 11) is 0. The molecule has 3 fully saturated rings. The van der Waals surface area contributed by atoms with Crippen molar-refractivity contribution in [1.82, 2.24) is 16.0 Å². The molecule has 0 spiro atoms. The van der Waals surface area contributed by atoms with Gasteiger partial charge in [-0.05, 0) is 51.1 Å². The van der Waals surface area contributed by atoms with Gasteiger partial charge in [0.1, 0.15) is 11.7 Å². The minimum absolute atomic E-state index is 0.141. The summed E-state index contributed by atoms with van der Waals surface area (Å²) >= 11 is 2.05. The number of nitrogens with one attached hydrogen (secondary N) is 3. The second-order valence-electron chi connectivity index (χ2n) is 7.62. The molecule has 8 N–H and O–H groups in total. The van der Waals surface area contributed by atoms with Gasteiger partial charge in [0, 0.05) is 23.4 Å². The van der Waals surface area contributed by atoms with Gasteiger partial charge in [0.25, 0.3) is 0 Å². The number of hydrogen-bond donors (Lipinski definition) is 6. The predicted molar refractivity (Wildman–Crippen MR) is 100 cm³/mol. The molecule has 2 heterocycles. The Morgan fingerprint density at radius 3 is 2.71 bits per heavy atom. The third kappa shape index (κ3) is 4.63. The zero-order chi connectivity index (χ0) is 16.9. The van der Waals surface area contributed by atoms with Gasteiger partial charge in [0.15, 0.2) is 0 Å². The summed E-state index contributed by atoms with van der Waals surface area (Å²) < 4.78 is 0. The Morgan fingerprint density at radius 2 is 1.88 bits per heavy atom. The van der Waals surface area contributed by atoms with Crippen molar-refractivity contribution < 1.29 is 5.11 Å². The lowest BCUT2D eigenvalue weighted by molar-refractivity contribution is 0.0179. The summed E-state index contributed by atoms with van der Waals surface area (Å²) in [6, 6.07) is 0.787. The molecule has 140 valence electrons. The monoisotopic (exact) mass is 357 g/mol. The molecule has 1 saturated carbocycles. The molecule has 3 aliphatic rings. The highest BCUT2D eigenvalue weighted by atomic mass is 32.2. The van der Waals surface area contributed by atoms with E-state index < -0.39 is 6.23 Å². The molecule has 24 heavy (non-hydrogen) atoms. The van der Waals surface area contributed by atoms with Gasteiger partial charge >= 0.3 is 0 Å². The van der Waals surface area contributed by atoms with E-state index in [9.17, 15) is 5.11 Å². The Kier molecular flexibility index (Phi) is 7.21. The maximum absolute atomic E-state index is 9.95. The van der Waals surface area contributed by atoms with Crippen LogP contribution < -0.4 is 27.4 Å². The van der Waals surface area contributed by atoms with Gasteiger partial charge in [0.2, 0.25) is 0 Å². The molecule has 0 aromatic rings. The Morgan fingerprint density at radius 1 is 1.08 bits per heavy atom. The van der Waals surface area contributed by atoms with Crippen molar-refractivity contribution in [2.75, 3.05) is 13.1 Å². The lowest BCUT2D eigenvalue weighted by atomic mass is 9.74. The molecule has 0 aromatic heterocycles. The second-order valence-corrected chi connectivity index (χ2v) is 8.97. The van der Waals surface area contributed by atoms with Crippen molar-refractivity contribution in [1.29, 1.82) is 0 Å². The third-order valence-electron chi connectivity index (χ3n) is 5.84. The van der Waals surface area contributed by atoms with Crippen LogP contribution in [-0.2, 0) is 0 Å². The van der Waals surface area contributed by atoms with Crippen LogP contribution in [0.5, 0.6) is 0 Å². The zero-order valence-corrected chi connectivity index (χ0v) is 15.4. The number of aliphatic hydroxyl groups excluding tert-OH is 1. The Hall–Kier alpha value is 0.110. The van der Waals surface area contributed by atoms with Gasteiger partial charge in [-0.3, -0.25) is 16.0 Å². The molecule has 7 unspecified atom stereocenters. The fraction of sp³-hybridized carbons (Fsp3) is 1.00. The molecular weight excluding hydrogens is 322 g/mol. The van der Waals surface area contributed by atoms with Gasteiger partial charge in [-0.1, -0.05) is 19.3 Å². The van der Waals surface area contributed by atoms with Crippen LogP contribution in [0.1, 0.15) is 51.4 Å². The van der Waals surface area contributed by atoms with Crippen LogP contribution in [0.2, 0.25) is 0 Å². The van der Waals surface area contributed by atoms with E-state index >= 15 is 0 Å². The first-order chi connectivity index (χ1) is 11.7. The molecule has 2 saturated heterocycles. The van der Waals surface area contributed by atoms with E-state index in [2.05, 4.69) is 27.7 Å². The van der Waals surface area contributed by atoms with E-state index in [4.69, 9.17) is 11.5 Å². The highest BCUT2D eigenvalue weighted by molar-refractivity contribution is 8.00. The molecule has 0 bridgehead atoms. The molecule has 1 aliphatic carbocycles. The van der Waals surface area contributed by atoms with E-state index in [0.29, 0.717) is 28.7 Å². The van der Waals surface area contributed by atoms with Crippen LogP contribution in [0.15, 0.2) is 0 Å². The van der Waals surface area contributed by atoms with E-state index in [1.165, 1.54) is 32.1 Å². The van der Waals surface area contributed by atoms with Crippen LogP contribution in [0.4, 0.5) is 0 Å². The summed E-state index contributed by atoms with van der Waals surface area (Å²) in [5.41, 5.74) is 12.0. The third-order valence-corrected chi connectivity index (χ3v) is 7.29. The number of rotatable bonds is 8. The van der Waals surface area contributed by atoms with Crippen LogP contribution in [0.3, 0.4) is 0 Å². The van der Waals surface area contributed by atoms with Crippen LogP contribution in [0, 0.1) is 5.92 Å². The first kappa shape index (κ1) is 18.9. The first-order valence-corrected chi connectivity index (χ1v) is 10.7. The molecule has 2 aliphatic heterocycles. The minimum Gasteiger partial charge on any atom is -0.377 e. The first-order valence-electron chi connectivity index (χ1n) is 9.73. The molecule has 0 amide bonds. The number of nitrogens with two attached hydrogens (primary N) is 2. The van der Waals surface area contributed by atoms with Crippen molar-refractivity contribution in [3.05, 3.63) is 0 Å². The van der Waals surface area contributed by atoms with Gasteiger partial charge < -0.3 is 16.6 Å². The number of unbranched alkanes of at least 4 members (excludes halogenated alkanes) is 4. The van der Waals surface area contributed by atoms with Crippen LogP contribution >= 0.6 is 11.8 Å². The largest absolute Gasteiger partial charge is 0.377 e. The minimum atomic E-state index is -0.537. The molecule has 0 radical (unpaired) electrons. The SMILES string of the molecule is NCCCCCCCNC1NC2C(CCC3NC(O)C(N)CC32)S1. The molecule has 0 aromatic carbocycles. The molecule has 6 nitrogen and oxygen atoms in total. The predicted octanol–water partition coefficient (Wildman–Crippen LogP) is 0.260. The average molecular weight is 358 g/mol. The highest BCUT2D eigenvalue weighted by Gasteiger charge is 2.48.